The second-order valence-electron chi connectivity index (χ2n) is 10.0. The summed E-state index contributed by atoms with van der Waals surface area (Å²) in [4.78, 5) is 81.1. The van der Waals surface area contributed by atoms with Gasteiger partial charge in [0, 0.05) is 13.0 Å². The highest BCUT2D eigenvalue weighted by Crippen LogP contribution is 2.09. The number of nitrogens with one attached hydrogen (secondary N) is 5. The highest BCUT2D eigenvalue weighted by molar-refractivity contribution is 5.98. The van der Waals surface area contributed by atoms with Gasteiger partial charge in [0.25, 0.3) is 0 Å². The molecular formula is C27H41N9O7. The number of rotatable bonds is 12. The van der Waals surface area contributed by atoms with Crippen LogP contribution in [0.25, 0.3) is 0 Å². The van der Waals surface area contributed by atoms with E-state index in [1.54, 1.807) is 30.3 Å². The van der Waals surface area contributed by atoms with E-state index in [2.05, 4.69) is 31.6 Å². The third kappa shape index (κ3) is 12.8. The van der Waals surface area contributed by atoms with Crippen LogP contribution >= 0.6 is 0 Å². The molecule has 0 bridgehead atoms. The van der Waals surface area contributed by atoms with E-state index >= 15 is 0 Å². The van der Waals surface area contributed by atoms with Gasteiger partial charge in [-0.2, -0.15) is 0 Å². The lowest BCUT2D eigenvalue weighted by molar-refractivity contribution is -0.141. The fraction of sp³-hybridized carbons (Fsp3) is 0.519. The highest BCUT2D eigenvalue weighted by atomic mass is 16.4. The summed E-state index contributed by atoms with van der Waals surface area (Å²) in [6.45, 7) is -0.0746. The Morgan fingerprint density at radius 2 is 1.37 bits per heavy atom. The molecule has 0 radical (unpaired) electrons. The molecule has 1 saturated heterocycles. The van der Waals surface area contributed by atoms with Crippen LogP contribution in [0.5, 0.6) is 0 Å². The summed E-state index contributed by atoms with van der Waals surface area (Å²) in [5, 5.41) is 21.9. The lowest BCUT2D eigenvalue weighted by Gasteiger charge is -2.26. The van der Waals surface area contributed by atoms with Crippen molar-refractivity contribution in [2.75, 3.05) is 19.6 Å². The summed E-state index contributed by atoms with van der Waals surface area (Å²) in [5.74, 6) is -5.36. The zero-order valence-corrected chi connectivity index (χ0v) is 23.8. The molecule has 16 nitrogen and oxygen atoms in total. The molecule has 0 aliphatic carbocycles. The number of amides is 5. The van der Waals surface area contributed by atoms with E-state index < -0.39 is 72.6 Å². The fourth-order valence-electron chi connectivity index (χ4n) is 4.33. The number of nitrogens with two attached hydrogens (primary N) is 3. The first-order chi connectivity index (χ1) is 20.5. The third-order valence-electron chi connectivity index (χ3n) is 6.53. The molecule has 236 valence electrons. The van der Waals surface area contributed by atoms with Crippen LogP contribution in [0.2, 0.25) is 0 Å². The Morgan fingerprint density at radius 1 is 0.791 bits per heavy atom. The number of guanidine groups is 1. The average molecular weight is 604 g/mol. The fourth-order valence-corrected chi connectivity index (χ4v) is 4.33. The first-order valence-corrected chi connectivity index (χ1v) is 14.0. The Hall–Kier alpha value is -4.73. The number of carbonyl (C=O) groups is 6. The summed E-state index contributed by atoms with van der Waals surface area (Å²) in [5.41, 5.74) is 17.0. The maximum absolute atomic E-state index is 13.6. The van der Waals surface area contributed by atoms with Gasteiger partial charge in [-0.05, 0) is 44.2 Å². The topological polar surface area (TPSA) is 273 Å². The first-order valence-electron chi connectivity index (χ1n) is 14.0. The first kappa shape index (κ1) is 34.5. The number of carboxylic acids is 1. The zero-order chi connectivity index (χ0) is 31.8. The van der Waals surface area contributed by atoms with Crippen LogP contribution in [0.4, 0.5) is 0 Å². The van der Waals surface area contributed by atoms with E-state index in [0.717, 1.165) is 0 Å². The van der Waals surface area contributed by atoms with Crippen LogP contribution < -0.4 is 43.8 Å². The number of aliphatic carboxylic acids is 1. The molecule has 2 rings (SSSR count). The van der Waals surface area contributed by atoms with Gasteiger partial charge < -0.3 is 48.9 Å². The quantitative estimate of drug-likeness (QED) is 0.0661. The molecule has 43 heavy (non-hydrogen) atoms. The number of carboxylic acid groups (broad SMARTS) is 1. The maximum Gasteiger partial charge on any atom is 0.305 e. The van der Waals surface area contributed by atoms with Gasteiger partial charge in [0.05, 0.1) is 13.0 Å². The summed E-state index contributed by atoms with van der Waals surface area (Å²) >= 11 is 0. The predicted molar refractivity (Wildman–Crippen MR) is 156 cm³/mol. The molecule has 16 heteroatoms. The van der Waals surface area contributed by atoms with Crippen LogP contribution in [0, 0.1) is 0 Å². The van der Waals surface area contributed by atoms with Crippen molar-refractivity contribution in [1.29, 1.82) is 0 Å². The molecule has 1 aromatic rings. The summed E-state index contributed by atoms with van der Waals surface area (Å²) in [7, 11) is 0. The smallest absolute Gasteiger partial charge is 0.305 e. The van der Waals surface area contributed by atoms with Crippen molar-refractivity contribution in [2.45, 2.75) is 69.1 Å². The third-order valence-corrected chi connectivity index (χ3v) is 6.53. The van der Waals surface area contributed by atoms with Crippen molar-refractivity contribution in [3.63, 3.8) is 0 Å². The van der Waals surface area contributed by atoms with Crippen molar-refractivity contribution >= 4 is 41.5 Å². The number of aliphatic imine (C=N–C) groups is 1. The van der Waals surface area contributed by atoms with Crippen LogP contribution in [0.15, 0.2) is 35.3 Å². The van der Waals surface area contributed by atoms with E-state index in [4.69, 9.17) is 17.2 Å². The number of hydrogen-bond donors (Lipinski definition) is 9. The molecule has 4 atom stereocenters. The van der Waals surface area contributed by atoms with Crippen molar-refractivity contribution in [3.05, 3.63) is 35.9 Å². The van der Waals surface area contributed by atoms with E-state index in [0.29, 0.717) is 31.4 Å². The molecule has 0 spiro atoms. The highest BCUT2D eigenvalue weighted by Gasteiger charge is 2.33. The van der Waals surface area contributed by atoms with E-state index in [1.165, 1.54) is 0 Å². The predicted octanol–water partition coefficient (Wildman–Crippen LogP) is -3.04. The number of unbranched alkanes of at least 4 members (excludes halogenated alkanes) is 1. The summed E-state index contributed by atoms with van der Waals surface area (Å²) in [6, 6.07) is 3.75. The molecule has 1 unspecified atom stereocenters. The van der Waals surface area contributed by atoms with E-state index in [1.807, 2.05) is 0 Å². The van der Waals surface area contributed by atoms with Crippen molar-refractivity contribution in [3.8, 4) is 0 Å². The second-order valence-corrected chi connectivity index (χ2v) is 10.0. The van der Waals surface area contributed by atoms with Gasteiger partial charge in [-0.15, -0.1) is 0 Å². The van der Waals surface area contributed by atoms with E-state index in [-0.39, 0.29) is 31.8 Å². The van der Waals surface area contributed by atoms with Gasteiger partial charge in [0.1, 0.15) is 24.2 Å². The van der Waals surface area contributed by atoms with Gasteiger partial charge >= 0.3 is 5.97 Å². The number of carbonyl (C=O) groups excluding carboxylic acids is 5. The normalized spacial score (nSPS) is 22.0. The van der Waals surface area contributed by atoms with Gasteiger partial charge in [-0.25, -0.2) is 0 Å². The van der Waals surface area contributed by atoms with Crippen LogP contribution in [0.3, 0.4) is 0 Å². The SMILES string of the molecule is NCCCC[C@H]1NC(=O)[C@H](Cc2ccccc2)NC(=O)[C@H](CC(=O)O)NC(=O)CNC(=O)C(CCCN=C(N)N)NC1=O. The minimum absolute atomic E-state index is 0.0107. The molecule has 0 saturated carbocycles. The van der Waals surface area contributed by atoms with Crippen molar-refractivity contribution in [1.82, 2.24) is 26.6 Å². The van der Waals surface area contributed by atoms with Gasteiger partial charge in [-0.3, -0.25) is 33.8 Å². The zero-order valence-electron chi connectivity index (χ0n) is 23.8. The average Bonchev–Trinajstić information content (AvgIpc) is 2.95. The Kier molecular flexibility index (Phi) is 14.4. The molecule has 0 aromatic heterocycles. The molecule has 1 aliphatic rings. The van der Waals surface area contributed by atoms with Crippen molar-refractivity contribution < 1.29 is 33.9 Å². The van der Waals surface area contributed by atoms with Gasteiger partial charge in [-0.1, -0.05) is 30.3 Å². The number of nitrogens with zero attached hydrogens (tertiary/aromatic N) is 1. The minimum atomic E-state index is -1.55. The lowest BCUT2D eigenvalue weighted by Crippen LogP contribution is -2.58. The van der Waals surface area contributed by atoms with Gasteiger partial charge in [0.15, 0.2) is 5.96 Å². The largest absolute Gasteiger partial charge is 0.481 e. The second kappa shape index (κ2) is 17.9. The summed E-state index contributed by atoms with van der Waals surface area (Å²) < 4.78 is 0. The van der Waals surface area contributed by atoms with Crippen LogP contribution in [-0.4, -0.2) is 90.4 Å². The van der Waals surface area contributed by atoms with Crippen LogP contribution in [0.1, 0.15) is 44.1 Å². The monoisotopic (exact) mass is 603 g/mol. The number of benzene rings is 1. The Bertz CT molecular complexity index is 1160. The standard InChI is InChI=1S/C27H41N9O7/c28-11-5-4-9-18-24(41)34-17(10-6-12-31-27(29)30)23(40)32-15-21(37)33-20(14-22(38)39)26(43)36-19(25(42)35-18)13-16-7-2-1-3-8-16/h1-3,7-8,17-20H,4-6,9-15,28H2,(H,32,40)(H,33,37)(H,34,41)(H,35,42)(H,36,43)(H,38,39)(H4,29,30,31)/t17?,18-,19+,20+/m1/s1. The molecule has 1 aromatic carbocycles. The molecule has 12 N–H and O–H groups in total. The maximum atomic E-state index is 13.6. The number of hydrogen-bond acceptors (Lipinski definition) is 8. The molecule has 1 heterocycles. The lowest BCUT2D eigenvalue weighted by atomic mass is 10.0. The van der Waals surface area contributed by atoms with E-state index in [9.17, 15) is 33.9 Å². The van der Waals surface area contributed by atoms with Crippen LogP contribution in [-0.2, 0) is 35.2 Å². The van der Waals surface area contributed by atoms with Gasteiger partial charge in [0.2, 0.25) is 29.5 Å². The van der Waals surface area contributed by atoms with Crippen molar-refractivity contribution in [2.24, 2.45) is 22.2 Å². The molecule has 1 aliphatic heterocycles. The molecule has 5 amide bonds. The Labute approximate surface area is 249 Å². The summed E-state index contributed by atoms with van der Waals surface area (Å²) in [6.07, 6.45) is 0.854. The Morgan fingerprint density at radius 3 is 2.00 bits per heavy atom. The molecule has 1 fully saturated rings. The Balaban J connectivity index is 2.44. The molecular weight excluding hydrogens is 562 g/mol. The minimum Gasteiger partial charge on any atom is -0.481 e.